The van der Waals surface area contributed by atoms with Gasteiger partial charge in [0, 0.05) is 17.4 Å². The highest BCUT2D eigenvalue weighted by Gasteiger charge is 2.43. The van der Waals surface area contributed by atoms with E-state index < -0.39 is 17.7 Å². The molecular weight excluding hydrogens is 445 g/mol. The van der Waals surface area contributed by atoms with Crippen molar-refractivity contribution in [3.05, 3.63) is 106 Å². The van der Waals surface area contributed by atoms with Crippen molar-refractivity contribution in [3.8, 4) is 5.75 Å². The fourth-order valence-electron chi connectivity index (χ4n) is 4.24. The van der Waals surface area contributed by atoms with Crippen LogP contribution in [0.5, 0.6) is 5.75 Å². The quantitative estimate of drug-likeness (QED) is 0.476. The van der Waals surface area contributed by atoms with E-state index in [-0.39, 0.29) is 18.9 Å². The Balaban J connectivity index is 1.40. The Labute approximate surface area is 195 Å². The summed E-state index contributed by atoms with van der Waals surface area (Å²) in [5, 5.41) is 0.647. The molecule has 33 heavy (non-hydrogen) atoms. The smallest absolute Gasteiger partial charge is 0.336 e. The molecule has 1 unspecified atom stereocenters. The molecule has 5 nitrogen and oxygen atoms in total. The number of cyclic esters (lactones) is 1. The van der Waals surface area contributed by atoms with E-state index in [0.29, 0.717) is 34.3 Å². The highest BCUT2D eigenvalue weighted by atomic mass is 35.5. The second-order valence-electron chi connectivity index (χ2n) is 7.89. The first-order valence-electron chi connectivity index (χ1n) is 10.5. The van der Waals surface area contributed by atoms with Crippen LogP contribution in [0, 0.1) is 5.82 Å². The second kappa shape index (κ2) is 8.71. The number of amides is 1. The largest absolute Gasteiger partial charge is 0.489 e. The molecule has 0 saturated carbocycles. The first kappa shape index (κ1) is 21.2. The minimum absolute atomic E-state index is 0.0201. The van der Waals surface area contributed by atoms with Crippen LogP contribution in [0.4, 0.5) is 10.1 Å². The van der Waals surface area contributed by atoms with Crippen molar-refractivity contribution in [2.24, 2.45) is 0 Å². The van der Waals surface area contributed by atoms with Gasteiger partial charge in [0.05, 0.1) is 17.0 Å². The number of hydrogen-bond acceptors (Lipinski definition) is 4. The maximum absolute atomic E-state index is 13.8. The van der Waals surface area contributed by atoms with Gasteiger partial charge in [-0.25, -0.2) is 9.18 Å². The summed E-state index contributed by atoms with van der Waals surface area (Å²) < 4.78 is 24.9. The summed E-state index contributed by atoms with van der Waals surface area (Å²) in [5.41, 5.74) is 3.04. The lowest BCUT2D eigenvalue weighted by molar-refractivity contribution is -0.136. The van der Waals surface area contributed by atoms with Gasteiger partial charge >= 0.3 is 5.97 Å². The number of benzene rings is 3. The lowest BCUT2D eigenvalue weighted by Crippen LogP contribution is -2.37. The molecule has 3 aromatic rings. The predicted octanol–water partition coefficient (Wildman–Crippen LogP) is 5.39. The van der Waals surface area contributed by atoms with E-state index >= 15 is 0 Å². The summed E-state index contributed by atoms with van der Waals surface area (Å²) in [7, 11) is 0. The molecule has 3 aromatic carbocycles. The maximum atomic E-state index is 13.8. The van der Waals surface area contributed by atoms with E-state index in [4.69, 9.17) is 21.1 Å². The molecule has 2 aliphatic rings. The van der Waals surface area contributed by atoms with Gasteiger partial charge in [0.25, 0.3) is 0 Å². The number of nitrogens with zero attached hydrogens (tertiary/aromatic N) is 1. The highest BCUT2D eigenvalue weighted by molar-refractivity contribution is 6.30. The molecule has 0 N–H and O–H groups in total. The Morgan fingerprint density at radius 1 is 1.03 bits per heavy atom. The number of rotatable bonds is 5. The minimum atomic E-state index is -0.455. The van der Waals surface area contributed by atoms with Crippen LogP contribution >= 0.6 is 11.6 Å². The summed E-state index contributed by atoms with van der Waals surface area (Å²) >= 11 is 6.01. The summed E-state index contributed by atoms with van der Waals surface area (Å²) in [6, 6.07) is 20.5. The second-order valence-corrected chi connectivity index (χ2v) is 8.33. The topological polar surface area (TPSA) is 55.8 Å². The zero-order valence-corrected chi connectivity index (χ0v) is 18.2. The van der Waals surface area contributed by atoms with Crippen LogP contribution in [-0.4, -0.2) is 18.5 Å². The third-order valence-corrected chi connectivity index (χ3v) is 6.00. The van der Waals surface area contributed by atoms with E-state index in [1.165, 1.54) is 23.1 Å². The number of esters is 1. The minimum Gasteiger partial charge on any atom is -0.489 e. The zero-order chi connectivity index (χ0) is 22.9. The monoisotopic (exact) mass is 463 g/mol. The summed E-state index contributed by atoms with van der Waals surface area (Å²) in [6.07, 6.45) is 0.0766. The Hall–Kier alpha value is -3.64. The molecule has 0 bridgehead atoms. The number of carbonyl (C=O) groups excluding carboxylic acids is 2. The third-order valence-electron chi connectivity index (χ3n) is 5.76. The van der Waals surface area contributed by atoms with Crippen LogP contribution < -0.4 is 9.64 Å². The molecule has 0 saturated heterocycles. The van der Waals surface area contributed by atoms with Crippen molar-refractivity contribution >= 4 is 29.2 Å². The predicted molar refractivity (Wildman–Crippen MR) is 121 cm³/mol. The van der Waals surface area contributed by atoms with Gasteiger partial charge in [0.15, 0.2) is 0 Å². The first-order chi connectivity index (χ1) is 16.0. The van der Waals surface area contributed by atoms with Gasteiger partial charge in [-0.3, -0.25) is 9.69 Å². The Kier molecular flexibility index (Phi) is 5.60. The number of halogens is 2. The molecule has 7 heteroatoms. The van der Waals surface area contributed by atoms with Gasteiger partial charge in [-0.2, -0.15) is 0 Å². The molecule has 0 aliphatic carbocycles. The average Bonchev–Trinajstić information content (AvgIpc) is 3.19. The third kappa shape index (κ3) is 4.22. The Morgan fingerprint density at radius 3 is 2.58 bits per heavy atom. The lowest BCUT2D eigenvalue weighted by atomic mass is 9.84. The first-order valence-corrected chi connectivity index (χ1v) is 10.8. The molecule has 2 heterocycles. The standard InChI is InChI=1S/C26H19ClFNO4/c27-18-4-1-3-16(11-18)14-32-21-9-7-17(8-10-21)22-13-24(30)29(20-6-2-5-19(28)12-20)23-15-33-26(31)25(22)23/h1-12,22H,13-15H2. The van der Waals surface area contributed by atoms with Crippen LogP contribution in [0.15, 0.2) is 84.1 Å². The summed E-state index contributed by atoms with van der Waals surface area (Å²) in [4.78, 5) is 27.0. The number of carbonyl (C=O) groups is 2. The fourth-order valence-corrected chi connectivity index (χ4v) is 4.46. The Morgan fingerprint density at radius 2 is 1.82 bits per heavy atom. The lowest BCUT2D eigenvalue weighted by Gasteiger charge is -2.31. The SMILES string of the molecule is O=C1OCC2=C1C(c1ccc(OCc3cccc(Cl)c3)cc1)CC(=O)N2c1cccc(F)c1. The van der Waals surface area contributed by atoms with Crippen LogP contribution in [0.1, 0.15) is 23.5 Å². The van der Waals surface area contributed by atoms with Crippen LogP contribution in [0.2, 0.25) is 5.02 Å². The van der Waals surface area contributed by atoms with Gasteiger partial charge in [0.2, 0.25) is 5.91 Å². The number of ether oxygens (including phenoxy) is 2. The molecular formula is C26H19ClFNO4. The summed E-state index contributed by atoms with van der Waals surface area (Å²) in [6.45, 7) is 0.347. The molecule has 0 aromatic heterocycles. The van der Waals surface area contributed by atoms with Gasteiger partial charge in [-0.05, 0) is 53.6 Å². The van der Waals surface area contributed by atoms with E-state index in [1.54, 1.807) is 12.1 Å². The molecule has 0 fully saturated rings. The van der Waals surface area contributed by atoms with Crippen LogP contribution in [-0.2, 0) is 20.9 Å². The van der Waals surface area contributed by atoms with Gasteiger partial charge in [-0.15, -0.1) is 0 Å². The maximum Gasteiger partial charge on any atom is 0.336 e. The Bertz CT molecular complexity index is 1270. The fraction of sp³-hybridized carbons (Fsp3) is 0.154. The van der Waals surface area contributed by atoms with Gasteiger partial charge in [-0.1, -0.05) is 41.9 Å². The van der Waals surface area contributed by atoms with Crippen LogP contribution in [0.25, 0.3) is 0 Å². The van der Waals surface area contributed by atoms with Crippen molar-refractivity contribution in [3.63, 3.8) is 0 Å². The average molecular weight is 464 g/mol. The number of hydrogen-bond donors (Lipinski definition) is 0. The van der Waals surface area contributed by atoms with E-state index in [9.17, 15) is 14.0 Å². The molecule has 0 spiro atoms. The van der Waals surface area contributed by atoms with Gasteiger partial charge < -0.3 is 9.47 Å². The molecule has 0 radical (unpaired) electrons. The van der Waals surface area contributed by atoms with Crippen LogP contribution in [0.3, 0.4) is 0 Å². The van der Waals surface area contributed by atoms with Crippen molar-refractivity contribution in [1.82, 2.24) is 0 Å². The molecule has 2 aliphatic heterocycles. The van der Waals surface area contributed by atoms with Crippen molar-refractivity contribution < 1.29 is 23.5 Å². The van der Waals surface area contributed by atoms with E-state index in [2.05, 4.69) is 0 Å². The normalized spacial score (nSPS) is 17.8. The molecule has 1 amide bonds. The summed E-state index contributed by atoms with van der Waals surface area (Å²) in [5.74, 6) is -0.906. The van der Waals surface area contributed by atoms with Gasteiger partial charge in [0.1, 0.15) is 24.8 Å². The van der Waals surface area contributed by atoms with E-state index in [0.717, 1.165) is 11.1 Å². The highest BCUT2D eigenvalue weighted by Crippen LogP contribution is 2.42. The van der Waals surface area contributed by atoms with E-state index in [1.807, 2.05) is 42.5 Å². The molecule has 1 atom stereocenters. The van der Waals surface area contributed by atoms with Crippen molar-refractivity contribution in [1.29, 1.82) is 0 Å². The van der Waals surface area contributed by atoms with Crippen molar-refractivity contribution in [2.75, 3.05) is 11.5 Å². The molecule has 5 rings (SSSR count). The zero-order valence-electron chi connectivity index (χ0n) is 17.5. The van der Waals surface area contributed by atoms with Crippen molar-refractivity contribution in [2.45, 2.75) is 18.9 Å². The molecule has 166 valence electrons. The number of anilines is 1.